The number of carbonyl (C=O) groups excluding carboxylic acids is 2. The smallest absolute Gasteiger partial charge is 0.303 e. The number of rotatable bonds is 7. The van der Waals surface area contributed by atoms with Gasteiger partial charge in [-0.3, -0.25) is 14.6 Å². The number of amides is 1. The Balaban J connectivity index is 2.42. The molecule has 0 aliphatic heterocycles. The number of aromatic nitrogens is 1. The minimum Gasteiger partial charge on any atom is -0.455 e. The number of hydrogen-bond acceptors (Lipinski definition) is 5. The molecule has 27 heavy (non-hydrogen) atoms. The Morgan fingerprint density at radius 1 is 1.11 bits per heavy atom. The van der Waals surface area contributed by atoms with Gasteiger partial charge in [0.05, 0.1) is 6.04 Å². The molecule has 0 radical (unpaired) electrons. The van der Waals surface area contributed by atoms with Gasteiger partial charge in [0.25, 0.3) is 5.91 Å². The normalized spacial score (nSPS) is 13.0. The van der Waals surface area contributed by atoms with Crippen LogP contribution in [-0.2, 0) is 9.53 Å². The number of nitrogens with one attached hydrogen (secondary N) is 1. The number of esters is 1. The zero-order valence-electron chi connectivity index (χ0n) is 16.5. The number of benzene rings is 1. The topological polar surface area (TPSA) is 71.5 Å². The monoisotopic (exact) mass is 369 g/mol. The summed E-state index contributed by atoms with van der Waals surface area (Å²) >= 11 is 0. The molecule has 1 aromatic carbocycles. The molecule has 1 N–H and O–H groups in total. The van der Waals surface area contributed by atoms with Gasteiger partial charge in [-0.15, -0.1) is 0 Å². The molecule has 0 bridgehead atoms. The lowest BCUT2D eigenvalue weighted by atomic mass is 9.92. The van der Waals surface area contributed by atoms with Gasteiger partial charge in [0.15, 0.2) is 6.10 Å². The lowest BCUT2D eigenvalue weighted by Gasteiger charge is -2.32. The largest absolute Gasteiger partial charge is 0.455 e. The molecule has 6 nitrogen and oxygen atoms in total. The predicted octanol–water partition coefficient (Wildman–Crippen LogP) is 3.21. The van der Waals surface area contributed by atoms with Crippen molar-refractivity contribution in [1.29, 1.82) is 0 Å². The zero-order valence-corrected chi connectivity index (χ0v) is 16.5. The summed E-state index contributed by atoms with van der Waals surface area (Å²) < 4.78 is 5.67. The van der Waals surface area contributed by atoms with Crippen molar-refractivity contribution in [3.05, 3.63) is 59.9 Å². The van der Waals surface area contributed by atoms with E-state index in [9.17, 15) is 9.59 Å². The van der Waals surface area contributed by atoms with Crippen molar-refractivity contribution in [3.8, 4) is 0 Å². The zero-order chi connectivity index (χ0) is 20.0. The first-order valence-electron chi connectivity index (χ1n) is 8.95. The third kappa shape index (κ3) is 5.29. The molecular weight excluding hydrogens is 342 g/mol. The second kappa shape index (κ2) is 9.16. The Bertz CT molecular complexity index is 775. The fourth-order valence-electron chi connectivity index (χ4n) is 2.95. The molecule has 6 heteroatoms. The van der Waals surface area contributed by atoms with Gasteiger partial charge >= 0.3 is 5.97 Å². The molecule has 2 atom stereocenters. The number of ether oxygens (including phenoxy) is 1. The van der Waals surface area contributed by atoms with Gasteiger partial charge in [-0.05, 0) is 24.1 Å². The predicted molar refractivity (Wildman–Crippen MR) is 106 cm³/mol. The molecule has 0 spiro atoms. The maximum Gasteiger partial charge on any atom is 0.303 e. The van der Waals surface area contributed by atoms with Crippen LogP contribution in [0.2, 0.25) is 0 Å². The van der Waals surface area contributed by atoms with Crippen LogP contribution >= 0.6 is 0 Å². The molecule has 0 saturated heterocycles. The summed E-state index contributed by atoms with van der Waals surface area (Å²) in [7, 11) is 3.83. The summed E-state index contributed by atoms with van der Waals surface area (Å²) in [6.07, 6.45) is 2.73. The van der Waals surface area contributed by atoms with E-state index in [0.29, 0.717) is 5.56 Å². The molecule has 144 valence electrons. The van der Waals surface area contributed by atoms with Crippen molar-refractivity contribution in [1.82, 2.24) is 10.3 Å². The molecule has 2 aromatic rings. The van der Waals surface area contributed by atoms with Crippen LogP contribution in [0, 0.1) is 5.92 Å². The molecule has 0 fully saturated rings. The van der Waals surface area contributed by atoms with Crippen LogP contribution in [0.25, 0.3) is 0 Å². The van der Waals surface area contributed by atoms with E-state index < -0.39 is 18.1 Å². The molecule has 0 aliphatic rings. The van der Waals surface area contributed by atoms with E-state index in [4.69, 9.17) is 4.74 Å². The van der Waals surface area contributed by atoms with Crippen molar-refractivity contribution in [3.63, 3.8) is 0 Å². The van der Waals surface area contributed by atoms with Gasteiger partial charge in [0.1, 0.15) is 0 Å². The molecule has 1 amide bonds. The van der Waals surface area contributed by atoms with E-state index in [-0.39, 0.29) is 11.8 Å². The summed E-state index contributed by atoms with van der Waals surface area (Å²) in [4.78, 5) is 30.7. The molecule has 2 rings (SSSR count). The summed E-state index contributed by atoms with van der Waals surface area (Å²) in [5.41, 5.74) is 2.20. The maximum absolute atomic E-state index is 12.7. The van der Waals surface area contributed by atoms with Crippen molar-refractivity contribution in [2.24, 2.45) is 5.92 Å². The molecule has 1 aromatic heterocycles. The number of nitrogens with zero attached hydrogens (tertiary/aromatic N) is 2. The van der Waals surface area contributed by atoms with Crippen LogP contribution in [0.4, 0.5) is 5.69 Å². The molecular formula is C21H27N3O3. The highest BCUT2D eigenvalue weighted by molar-refractivity contribution is 5.94. The molecule has 1 heterocycles. The Morgan fingerprint density at radius 2 is 1.78 bits per heavy atom. The summed E-state index contributed by atoms with van der Waals surface area (Å²) in [5, 5.41) is 3.04. The SMILES string of the molecule is CC(=O)O[C@H](c1cnccc1N(C)C)[C@H](NC(=O)c1ccccc1)C(C)C. The molecule has 0 unspecified atom stereocenters. The van der Waals surface area contributed by atoms with E-state index in [0.717, 1.165) is 11.3 Å². The lowest BCUT2D eigenvalue weighted by molar-refractivity contribution is -0.148. The first-order chi connectivity index (χ1) is 12.8. The van der Waals surface area contributed by atoms with Crippen LogP contribution in [0.1, 0.15) is 42.8 Å². The van der Waals surface area contributed by atoms with E-state index >= 15 is 0 Å². The Kier molecular flexibility index (Phi) is 6.93. The number of pyridine rings is 1. The van der Waals surface area contributed by atoms with Crippen molar-refractivity contribution >= 4 is 17.6 Å². The van der Waals surface area contributed by atoms with Gasteiger partial charge in [-0.25, -0.2) is 0 Å². The van der Waals surface area contributed by atoms with Gasteiger partial charge in [0, 0.05) is 50.2 Å². The van der Waals surface area contributed by atoms with E-state index in [1.807, 2.05) is 57.1 Å². The average molecular weight is 369 g/mol. The van der Waals surface area contributed by atoms with Gasteiger partial charge in [-0.2, -0.15) is 0 Å². The Hall–Kier alpha value is -2.89. The fraction of sp³-hybridized carbons (Fsp3) is 0.381. The average Bonchev–Trinajstić information content (AvgIpc) is 2.64. The third-order valence-corrected chi connectivity index (χ3v) is 4.29. The van der Waals surface area contributed by atoms with Gasteiger partial charge < -0.3 is 15.0 Å². The summed E-state index contributed by atoms with van der Waals surface area (Å²) in [5.74, 6) is -0.591. The van der Waals surface area contributed by atoms with Crippen molar-refractivity contribution < 1.29 is 14.3 Å². The minimum atomic E-state index is -0.652. The van der Waals surface area contributed by atoms with Crippen LogP contribution in [0.5, 0.6) is 0 Å². The Labute approximate surface area is 160 Å². The summed E-state index contributed by atoms with van der Waals surface area (Å²) in [6, 6.07) is 10.4. The van der Waals surface area contributed by atoms with E-state index in [2.05, 4.69) is 10.3 Å². The molecule has 0 saturated carbocycles. The highest BCUT2D eigenvalue weighted by atomic mass is 16.5. The quantitative estimate of drug-likeness (QED) is 0.759. The Morgan fingerprint density at radius 3 is 2.33 bits per heavy atom. The lowest BCUT2D eigenvalue weighted by Crippen LogP contribution is -2.44. The summed E-state index contributed by atoms with van der Waals surface area (Å²) in [6.45, 7) is 5.34. The minimum absolute atomic E-state index is 0.0252. The van der Waals surface area contributed by atoms with Crippen molar-refractivity contribution in [2.45, 2.75) is 32.9 Å². The van der Waals surface area contributed by atoms with E-state index in [1.54, 1.807) is 24.5 Å². The number of hydrogen-bond donors (Lipinski definition) is 1. The van der Waals surface area contributed by atoms with Gasteiger partial charge in [-0.1, -0.05) is 32.0 Å². The first kappa shape index (κ1) is 20.4. The first-order valence-corrected chi connectivity index (χ1v) is 8.95. The van der Waals surface area contributed by atoms with Gasteiger partial charge in [0.2, 0.25) is 0 Å². The fourth-order valence-corrected chi connectivity index (χ4v) is 2.95. The highest BCUT2D eigenvalue weighted by Crippen LogP contribution is 2.32. The van der Waals surface area contributed by atoms with Crippen LogP contribution in [0.15, 0.2) is 48.8 Å². The standard InChI is InChI=1S/C21H27N3O3/c1-14(2)19(23-21(26)16-9-7-6-8-10-16)20(27-15(3)25)17-13-22-12-11-18(17)24(4)5/h6-14,19-20H,1-5H3,(H,23,26)/t19-,20-/m1/s1. The number of anilines is 1. The van der Waals surface area contributed by atoms with E-state index in [1.165, 1.54) is 6.92 Å². The van der Waals surface area contributed by atoms with Crippen molar-refractivity contribution in [2.75, 3.05) is 19.0 Å². The second-order valence-electron chi connectivity index (χ2n) is 6.97. The number of carbonyl (C=O) groups is 2. The molecule has 0 aliphatic carbocycles. The van der Waals surface area contributed by atoms with Crippen LogP contribution < -0.4 is 10.2 Å². The van der Waals surface area contributed by atoms with Crippen LogP contribution in [0.3, 0.4) is 0 Å². The third-order valence-electron chi connectivity index (χ3n) is 4.29. The highest BCUT2D eigenvalue weighted by Gasteiger charge is 2.32. The second-order valence-corrected chi connectivity index (χ2v) is 6.97. The maximum atomic E-state index is 12.7. The van der Waals surface area contributed by atoms with Crippen LogP contribution in [-0.4, -0.2) is 37.0 Å².